The van der Waals surface area contributed by atoms with Crippen molar-refractivity contribution < 1.29 is 13.9 Å². The Hall–Kier alpha value is -1.10. The van der Waals surface area contributed by atoms with Gasteiger partial charge >= 0.3 is 0 Å². The van der Waals surface area contributed by atoms with Gasteiger partial charge < -0.3 is 10.1 Å². The molecule has 0 unspecified atom stereocenters. The summed E-state index contributed by atoms with van der Waals surface area (Å²) < 4.78 is 19.7. The number of amides is 1. The zero-order valence-corrected chi connectivity index (χ0v) is 10.5. The molecule has 0 aromatic heterocycles. The van der Waals surface area contributed by atoms with Gasteiger partial charge in [0, 0.05) is 4.47 Å². The van der Waals surface area contributed by atoms with Gasteiger partial charge in [-0.25, -0.2) is 4.39 Å². The fourth-order valence-corrected chi connectivity index (χ4v) is 2.04. The predicted molar refractivity (Wildman–Crippen MR) is 62.1 cm³/mol. The van der Waals surface area contributed by atoms with E-state index in [0.717, 1.165) is 0 Å². The number of halogens is 2. The molecule has 86 valence electrons. The highest BCUT2D eigenvalue weighted by Gasteiger charge is 2.31. The van der Waals surface area contributed by atoms with Crippen LogP contribution < -0.4 is 10.1 Å². The zero-order valence-electron chi connectivity index (χ0n) is 8.93. The van der Waals surface area contributed by atoms with Crippen LogP contribution in [0.4, 0.5) is 10.1 Å². The highest BCUT2D eigenvalue weighted by Crippen LogP contribution is 2.39. The summed E-state index contributed by atoms with van der Waals surface area (Å²) in [5.41, 5.74) is -0.354. The molecular weight excluding hydrogens is 277 g/mol. The summed E-state index contributed by atoms with van der Waals surface area (Å²) in [6.07, 6.45) is 0.188. The average molecular weight is 288 g/mol. The molecule has 2 rings (SSSR count). The molecule has 1 amide bonds. The van der Waals surface area contributed by atoms with Crippen molar-refractivity contribution in [2.75, 3.05) is 5.32 Å². The van der Waals surface area contributed by atoms with Crippen molar-refractivity contribution in [2.45, 2.75) is 25.9 Å². The lowest BCUT2D eigenvalue weighted by Crippen LogP contribution is -2.31. The minimum atomic E-state index is -0.711. The fraction of sp³-hybridized carbons (Fsp3) is 0.364. The summed E-state index contributed by atoms with van der Waals surface area (Å²) >= 11 is 3.25. The van der Waals surface area contributed by atoms with Crippen LogP contribution in [0, 0.1) is 5.82 Å². The van der Waals surface area contributed by atoms with E-state index in [1.807, 2.05) is 0 Å². The lowest BCUT2D eigenvalue weighted by Gasteiger charge is -2.23. The maximum Gasteiger partial charge on any atom is 0.228 e. The van der Waals surface area contributed by atoms with Crippen molar-refractivity contribution in [1.82, 2.24) is 0 Å². The summed E-state index contributed by atoms with van der Waals surface area (Å²) in [5.74, 6) is -0.575. The molecule has 16 heavy (non-hydrogen) atoms. The third-order valence-corrected chi connectivity index (χ3v) is 2.95. The Morgan fingerprint density at radius 2 is 2.19 bits per heavy atom. The van der Waals surface area contributed by atoms with Gasteiger partial charge in [0.1, 0.15) is 11.3 Å². The molecule has 0 bridgehead atoms. The SMILES string of the molecule is CC1(C)CC(=O)Nc2c(Br)ccc(F)c2O1. The molecule has 1 aromatic rings. The molecule has 1 N–H and O–H groups in total. The van der Waals surface area contributed by atoms with Crippen LogP contribution in [-0.2, 0) is 4.79 Å². The number of hydrogen-bond acceptors (Lipinski definition) is 2. The van der Waals surface area contributed by atoms with Gasteiger partial charge in [0.2, 0.25) is 5.91 Å². The van der Waals surface area contributed by atoms with Gasteiger partial charge in [-0.1, -0.05) is 0 Å². The second-order valence-electron chi connectivity index (χ2n) is 4.32. The first-order chi connectivity index (χ1) is 7.39. The standard InChI is InChI=1S/C11H11BrFNO2/c1-11(2)5-8(15)14-9-6(12)3-4-7(13)10(9)16-11/h3-4H,5H2,1-2H3,(H,14,15). The van der Waals surface area contributed by atoms with Gasteiger partial charge in [-0.3, -0.25) is 4.79 Å². The van der Waals surface area contributed by atoms with E-state index >= 15 is 0 Å². The highest BCUT2D eigenvalue weighted by atomic mass is 79.9. The van der Waals surface area contributed by atoms with E-state index in [1.54, 1.807) is 13.8 Å². The van der Waals surface area contributed by atoms with E-state index in [2.05, 4.69) is 21.2 Å². The number of benzene rings is 1. The molecule has 0 atom stereocenters. The number of nitrogens with one attached hydrogen (secondary N) is 1. The third-order valence-electron chi connectivity index (χ3n) is 2.29. The van der Waals surface area contributed by atoms with E-state index < -0.39 is 11.4 Å². The summed E-state index contributed by atoms with van der Waals surface area (Å²) in [4.78, 5) is 11.6. The molecule has 0 spiro atoms. The van der Waals surface area contributed by atoms with Crippen LogP contribution in [-0.4, -0.2) is 11.5 Å². The number of carbonyl (C=O) groups is 1. The Labute approximate surface area is 101 Å². The van der Waals surface area contributed by atoms with Crippen LogP contribution in [0.5, 0.6) is 5.75 Å². The molecule has 1 aromatic carbocycles. The largest absolute Gasteiger partial charge is 0.482 e. The Morgan fingerprint density at radius 3 is 2.88 bits per heavy atom. The molecule has 0 radical (unpaired) electrons. The second-order valence-corrected chi connectivity index (χ2v) is 5.17. The van der Waals surface area contributed by atoms with Gasteiger partial charge in [-0.15, -0.1) is 0 Å². The smallest absolute Gasteiger partial charge is 0.228 e. The molecule has 0 saturated carbocycles. The van der Waals surface area contributed by atoms with Crippen molar-refractivity contribution in [3.05, 3.63) is 22.4 Å². The lowest BCUT2D eigenvalue weighted by atomic mass is 10.1. The second kappa shape index (κ2) is 3.73. The Balaban J connectivity index is 2.58. The maximum absolute atomic E-state index is 13.6. The van der Waals surface area contributed by atoms with E-state index in [9.17, 15) is 9.18 Å². The summed E-state index contributed by atoms with van der Waals surface area (Å²) in [5, 5.41) is 2.64. The van der Waals surface area contributed by atoms with E-state index in [4.69, 9.17) is 4.74 Å². The zero-order chi connectivity index (χ0) is 11.9. The average Bonchev–Trinajstić information content (AvgIpc) is 2.27. The Bertz CT molecular complexity index is 460. The van der Waals surface area contributed by atoms with Crippen LogP contribution in [0.2, 0.25) is 0 Å². The topological polar surface area (TPSA) is 38.3 Å². The quantitative estimate of drug-likeness (QED) is 0.796. The van der Waals surface area contributed by atoms with E-state index in [-0.39, 0.29) is 18.1 Å². The highest BCUT2D eigenvalue weighted by molar-refractivity contribution is 9.10. The van der Waals surface area contributed by atoms with Crippen molar-refractivity contribution in [2.24, 2.45) is 0 Å². The summed E-state index contributed by atoms with van der Waals surface area (Å²) in [6, 6.07) is 2.84. The summed E-state index contributed by atoms with van der Waals surface area (Å²) in [7, 11) is 0. The van der Waals surface area contributed by atoms with E-state index in [0.29, 0.717) is 10.2 Å². The number of rotatable bonds is 0. The molecule has 0 aliphatic carbocycles. The van der Waals surface area contributed by atoms with Gasteiger partial charge in [0.05, 0.1) is 6.42 Å². The van der Waals surface area contributed by atoms with Crippen LogP contribution in [0.1, 0.15) is 20.3 Å². The van der Waals surface area contributed by atoms with Crippen molar-refractivity contribution >= 4 is 27.5 Å². The van der Waals surface area contributed by atoms with Crippen LogP contribution in [0.3, 0.4) is 0 Å². The normalized spacial score (nSPS) is 18.1. The number of carbonyl (C=O) groups excluding carboxylic acids is 1. The van der Waals surface area contributed by atoms with Crippen molar-refractivity contribution in [3.8, 4) is 5.75 Å². The van der Waals surface area contributed by atoms with Crippen molar-refractivity contribution in [1.29, 1.82) is 0 Å². The number of ether oxygens (including phenoxy) is 1. The Kier molecular flexibility index (Phi) is 2.66. The number of anilines is 1. The third kappa shape index (κ3) is 2.04. The monoisotopic (exact) mass is 287 g/mol. The molecule has 0 fully saturated rings. The van der Waals surface area contributed by atoms with E-state index in [1.165, 1.54) is 12.1 Å². The van der Waals surface area contributed by atoms with Gasteiger partial charge in [-0.2, -0.15) is 0 Å². The van der Waals surface area contributed by atoms with Crippen LogP contribution >= 0.6 is 15.9 Å². The molecule has 1 heterocycles. The van der Waals surface area contributed by atoms with Gasteiger partial charge in [-0.05, 0) is 41.9 Å². The van der Waals surface area contributed by atoms with Gasteiger partial charge in [0.15, 0.2) is 11.6 Å². The summed E-state index contributed by atoms with van der Waals surface area (Å²) in [6.45, 7) is 3.50. The first kappa shape index (κ1) is 11.4. The van der Waals surface area contributed by atoms with Crippen LogP contribution in [0.25, 0.3) is 0 Å². The molecule has 1 aliphatic heterocycles. The van der Waals surface area contributed by atoms with Crippen molar-refractivity contribution in [3.63, 3.8) is 0 Å². The fourth-order valence-electron chi connectivity index (χ4n) is 1.63. The van der Waals surface area contributed by atoms with Crippen LogP contribution in [0.15, 0.2) is 16.6 Å². The minimum absolute atomic E-state index is 0.0882. The minimum Gasteiger partial charge on any atom is -0.482 e. The predicted octanol–water partition coefficient (Wildman–Crippen LogP) is 3.09. The first-order valence-electron chi connectivity index (χ1n) is 4.86. The molecule has 5 heteroatoms. The lowest BCUT2D eigenvalue weighted by molar-refractivity contribution is -0.118. The number of hydrogen-bond donors (Lipinski definition) is 1. The molecule has 1 aliphatic rings. The Morgan fingerprint density at radius 1 is 1.50 bits per heavy atom. The maximum atomic E-state index is 13.6. The molecular formula is C11H11BrFNO2. The number of fused-ring (bicyclic) bond motifs is 1. The molecule has 3 nitrogen and oxygen atoms in total. The molecule has 0 saturated heterocycles. The first-order valence-corrected chi connectivity index (χ1v) is 5.65. The van der Waals surface area contributed by atoms with Gasteiger partial charge in [0.25, 0.3) is 0 Å².